The summed E-state index contributed by atoms with van der Waals surface area (Å²) in [5.74, 6) is 0. The number of nitrogens with zero attached hydrogens (tertiary/aromatic N) is 2. The number of aromatic nitrogens is 1. The predicted octanol–water partition coefficient (Wildman–Crippen LogP) is 1.74. The van der Waals surface area contributed by atoms with E-state index in [2.05, 4.69) is 11.8 Å². The van der Waals surface area contributed by atoms with Crippen molar-refractivity contribution in [2.45, 2.75) is 32.7 Å². The summed E-state index contributed by atoms with van der Waals surface area (Å²) >= 11 is 1.73. The summed E-state index contributed by atoms with van der Waals surface area (Å²) in [6.07, 6.45) is 0.941. The fourth-order valence-electron chi connectivity index (χ4n) is 1.97. The molecule has 0 spiro atoms. The molecule has 2 heterocycles. The van der Waals surface area contributed by atoms with Gasteiger partial charge in [0.15, 0.2) is 5.13 Å². The lowest BCUT2D eigenvalue weighted by Gasteiger charge is -2.26. The molecule has 0 atom stereocenters. The van der Waals surface area contributed by atoms with Crippen molar-refractivity contribution in [3.05, 3.63) is 10.6 Å². The first-order valence-corrected chi connectivity index (χ1v) is 6.95. The molecule has 0 amide bonds. The van der Waals surface area contributed by atoms with Gasteiger partial charge in [-0.25, -0.2) is 4.98 Å². The van der Waals surface area contributed by atoms with Crippen molar-refractivity contribution in [2.24, 2.45) is 5.73 Å². The third kappa shape index (κ3) is 2.78. The molecule has 0 saturated carbocycles. The fraction of sp³-hybridized carbons (Fsp3) is 0.750. The summed E-state index contributed by atoms with van der Waals surface area (Å²) in [7, 11) is 0. The number of nitrogens with two attached hydrogens (primary N) is 1. The van der Waals surface area contributed by atoms with Crippen molar-refractivity contribution in [3.63, 3.8) is 0 Å². The molecule has 17 heavy (non-hydrogen) atoms. The van der Waals surface area contributed by atoms with Gasteiger partial charge in [0.25, 0.3) is 0 Å². The van der Waals surface area contributed by atoms with E-state index in [1.165, 1.54) is 4.88 Å². The zero-order valence-electron chi connectivity index (χ0n) is 10.8. The molecule has 0 aromatic carbocycles. The first kappa shape index (κ1) is 12.8. The number of hydrogen-bond acceptors (Lipinski definition) is 5. The Morgan fingerprint density at radius 2 is 2.06 bits per heavy atom. The first-order chi connectivity index (χ1) is 8.02. The van der Waals surface area contributed by atoms with Crippen LogP contribution in [0.4, 0.5) is 5.13 Å². The zero-order valence-corrected chi connectivity index (χ0v) is 11.6. The SMILES string of the molecule is CCc1nc(N2CCOCC2)sc1C(C)(C)N. The molecule has 2 rings (SSSR count). The van der Waals surface area contributed by atoms with E-state index in [0.29, 0.717) is 0 Å². The van der Waals surface area contributed by atoms with Gasteiger partial charge in [0, 0.05) is 23.5 Å². The van der Waals surface area contributed by atoms with E-state index in [1.54, 1.807) is 11.3 Å². The van der Waals surface area contributed by atoms with Crippen LogP contribution in [0, 0.1) is 0 Å². The molecule has 1 aliphatic rings. The van der Waals surface area contributed by atoms with Gasteiger partial charge in [-0.2, -0.15) is 0 Å². The average Bonchev–Trinajstić information content (AvgIpc) is 2.74. The van der Waals surface area contributed by atoms with Crippen LogP contribution in [0.1, 0.15) is 31.3 Å². The first-order valence-electron chi connectivity index (χ1n) is 6.14. The molecule has 1 aliphatic heterocycles. The van der Waals surface area contributed by atoms with E-state index in [-0.39, 0.29) is 5.54 Å². The molecule has 96 valence electrons. The third-order valence-electron chi connectivity index (χ3n) is 2.89. The number of morpholine rings is 1. The minimum Gasteiger partial charge on any atom is -0.378 e. The molecule has 1 saturated heterocycles. The van der Waals surface area contributed by atoms with E-state index in [4.69, 9.17) is 15.5 Å². The number of thiazole rings is 1. The van der Waals surface area contributed by atoms with Gasteiger partial charge in [0.1, 0.15) is 0 Å². The zero-order chi connectivity index (χ0) is 12.5. The fourth-order valence-corrected chi connectivity index (χ4v) is 3.19. The van der Waals surface area contributed by atoms with Crippen LogP contribution < -0.4 is 10.6 Å². The van der Waals surface area contributed by atoms with Crippen LogP contribution in [-0.4, -0.2) is 31.3 Å². The average molecular weight is 255 g/mol. The Balaban J connectivity index is 2.27. The normalized spacial score (nSPS) is 17.5. The Labute approximate surface area is 107 Å². The molecule has 0 unspecified atom stereocenters. The number of anilines is 1. The number of ether oxygens (including phenoxy) is 1. The Bertz CT molecular complexity index is 378. The van der Waals surface area contributed by atoms with Gasteiger partial charge < -0.3 is 15.4 Å². The minimum absolute atomic E-state index is 0.298. The smallest absolute Gasteiger partial charge is 0.186 e. The maximum absolute atomic E-state index is 6.20. The van der Waals surface area contributed by atoms with Gasteiger partial charge in [-0.1, -0.05) is 18.3 Å². The lowest BCUT2D eigenvalue weighted by atomic mass is 10.0. The van der Waals surface area contributed by atoms with Gasteiger partial charge >= 0.3 is 0 Å². The highest BCUT2D eigenvalue weighted by atomic mass is 32.1. The van der Waals surface area contributed by atoms with Gasteiger partial charge in [-0.3, -0.25) is 0 Å². The minimum atomic E-state index is -0.298. The molecule has 0 aliphatic carbocycles. The van der Waals surface area contributed by atoms with Crippen LogP contribution in [0.3, 0.4) is 0 Å². The lowest BCUT2D eigenvalue weighted by Crippen LogP contribution is -2.36. The van der Waals surface area contributed by atoms with Gasteiger partial charge in [0.05, 0.1) is 18.9 Å². The van der Waals surface area contributed by atoms with Crippen molar-refractivity contribution >= 4 is 16.5 Å². The summed E-state index contributed by atoms with van der Waals surface area (Å²) in [5.41, 5.74) is 7.05. The Morgan fingerprint density at radius 1 is 1.41 bits per heavy atom. The maximum atomic E-state index is 6.20. The molecule has 1 fully saturated rings. The van der Waals surface area contributed by atoms with Crippen LogP contribution in [0.25, 0.3) is 0 Å². The summed E-state index contributed by atoms with van der Waals surface area (Å²) in [6.45, 7) is 9.67. The van der Waals surface area contributed by atoms with Gasteiger partial charge in [-0.05, 0) is 20.3 Å². The van der Waals surface area contributed by atoms with Crippen LogP contribution >= 0.6 is 11.3 Å². The third-order valence-corrected chi connectivity index (χ3v) is 4.39. The van der Waals surface area contributed by atoms with Crippen molar-refractivity contribution in [1.29, 1.82) is 0 Å². The second kappa shape index (κ2) is 4.92. The van der Waals surface area contributed by atoms with Crippen molar-refractivity contribution in [1.82, 2.24) is 4.98 Å². The van der Waals surface area contributed by atoms with Crippen LogP contribution in [0.2, 0.25) is 0 Å². The quantitative estimate of drug-likeness (QED) is 0.894. The Morgan fingerprint density at radius 3 is 2.53 bits per heavy atom. The van der Waals surface area contributed by atoms with E-state index in [9.17, 15) is 0 Å². The second-order valence-corrected chi connectivity index (χ2v) is 5.92. The summed E-state index contributed by atoms with van der Waals surface area (Å²) in [5, 5.41) is 1.10. The van der Waals surface area contributed by atoms with E-state index in [1.807, 2.05) is 13.8 Å². The molecule has 0 radical (unpaired) electrons. The van der Waals surface area contributed by atoms with Crippen LogP contribution in [-0.2, 0) is 16.7 Å². The molecule has 4 nitrogen and oxygen atoms in total. The van der Waals surface area contributed by atoms with Crippen molar-refractivity contribution in [2.75, 3.05) is 31.2 Å². The van der Waals surface area contributed by atoms with Gasteiger partial charge in [0.2, 0.25) is 0 Å². The largest absolute Gasteiger partial charge is 0.378 e. The number of aryl methyl sites for hydroxylation is 1. The summed E-state index contributed by atoms with van der Waals surface area (Å²) < 4.78 is 5.36. The van der Waals surface area contributed by atoms with E-state index in [0.717, 1.165) is 43.5 Å². The molecule has 1 aromatic rings. The lowest BCUT2D eigenvalue weighted by molar-refractivity contribution is 0.122. The van der Waals surface area contributed by atoms with Crippen LogP contribution in [0.15, 0.2) is 0 Å². The van der Waals surface area contributed by atoms with E-state index >= 15 is 0 Å². The molecule has 2 N–H and O–H groups in total. The standard InChI is InChI=1S/C12H21N3OS/c1-4-9-10(12(2,3)13)17-11(14-9)15-5-7-16-8-6-15/h4-8,13H2,1-3H3. The predicted molar refractivity (Wildman–Crippen MR) is 71.7 cm³/mol. The van der Waals surface area contributed by atoms with Crippen LogP contribution in [0.5, 0.6) is 0 Å². The van der Waals surface area contributed by atoms with Crippen molar-refractivity contribution < 1.29 is 4.74 Å². The number of hydrogen-bond donors (Lipinski definition) is 1. The van der Waals surface area contributed by atoms with Crippen molar-refractivity contribution in [3.8, 4) is 0 Å². The molecule has 1 aromatic heterocycles. The van der Waals surface area contributed by atoms with Gasteiger partial charge in [-0.15, -0.1) is 0 Å². The topological polar surface area (TPSA) is 51.4 Å². The molecular formula is C12H21N3OS. The monoisotopic (exact) mass is 255 g/mol. The Kier molecular flexibility index (Phi) is 3.70. The molecule has 5 heteroatoms. The summed E-state index contributed by atoms with van der Waals surface area (Å²) in [4.78, 5) is 8.23. The van der Waals surface area contributed by atoms with E-state index < -0.39 is 0 Å². The highest BCUT2D eigenvalue weighted by molar-refractivity contribution is 7.15. The molecular weight excluding hydrogens is 234 g/mol. The Hall–Kier alpha value is -0.650. The highest BCUT2D eigenvalue weighted by Crippen LogP contribution is 2.33. The molecule has 0 bridgehead atoms. The second-order valence-electron chi connectivity index (χ2n) is 4.95. The maximum Gasteiger partial charge on any atom is 0.186 e. The summed E-state index contributed by atoms with van der Waals surface area (Å²) in [6, 6.07) is 0. The highest BCUT2D eigenvalue weighted by Gasteiger charge is 2.25. The number of rotatable bonds is 3.